The van der Waals surface area contributed by atoms with E-state index in [-0.39, 0.29) is 18.9 Å². The van der Waals surface area contributed by atoms with E-state index in [0.29, 0.717) is 42.8 Å². The molecule has 2 aromatic rings. The van der Waals surface area contributed by atoms with E-state index in [4.69, 9.17) is 15.1 Å². The molecule has 4 unspecified atom stereocenters. The summed E-state index contributed by atoms with van der Waals surface area (Å²) >= 11 is 0. The van der Waals surface area contributed by atoms with Crippen LogP contribution in [0.3, 0.4) is 0 Å². The molecular formula is C20H22BN5O3. The average Bonchev–Trinajstić information content (AvgIpc) is 3.43. The number of aromatic nitrogens is 2. The van der Waals surface area contributed by atoms with Gasteiger partial charge in [-0.2, -0.15) is 10.4 Å². The molecule has 29 heavy (non-hydrogen) atoms. The van der Waals surface area contributed by atoms with Gasteiger partial charge in [-0.1, -0.05) is 0 Å². The van der Waals surface area contributed by atoms with Crippen molar-refractivity contribution < 1.29 is 14.2 Å². The maximum Gasteiger partial charge on any atom is 0.358 e. The van der Waals surface area contributed by atoms with E-state index in [9.17, 15) is 10.1 Å². The minimum atomic E-state index is -0.568. The van der Waals surface area contributed by atoms with Gasteiger partial charge in [-0.3, -0.25) is 9.48 Å². The zero-order valence-corrected chi connectivity index (χ0v) is 16.2. The van der Waals surface area contributed by atoms with Gasteiger partial charge in [0.1, 0.15) is 11.3 Å². The minimum absolute atomic E-state index is 0.216. The first-order valence-corrected chi connectivity index (χ1v) is 9.99. The maximum atomic E-state index is 12.0. The molecule has 2 aliphatic heterocycles. The summed E-state index contributed by atoms with van der Waals surface area (Å²) in [5.41, 5.74) is 7.90. The quantitative estimate of drug-likeness (QED) is 0.775. The number of rotatable bonds is 4. The fraction of sp³-hybridized carbons (Fsp3) is 0.450. The summed E-state index contributed by atoms with van der Waals surface area (Å²) in [6.45, 7) is 3.32. The van der Waals surface area contributed by atoms with Gasteiger partial charge in [0.05, 0.1) is 24.6 Å². The second kappa shape index (κ2) is 6.81. The van der Waals surface area contributed by atoms with Crippen molar-refractivity contribution >= 4 is 24.3 Å². The van der Waals surface area contributed by atoms with Gasteiger partial charge in [-0.05, 0) is 55.2 Å². The van der Waals surface area contributed by atoms with Crippen LogP contribution in [0, 0.1) is 17.2 Å². The highest BCUT2D eigenvalue weighted by Crippen LogP contribution is 2.60. The largest absolute Gasteiger partial charge is 0.561 e. The number of amides is 1. The van der Waals surface area contributed by atoms with Crippen LogP contribution in [0.2, 0.25) is 12.6 Å². The number of nitrogens with zero attached hydrogens (tertiary/aromatic N) is 3. The molecule has 1 saturated heterocycles. The van der Waals surface area contributed by atoms with Crippen LogP contribution in [-0.2, 0) is 4.74 Å². The number of nitriles is 1. The molecule has 8 nitrogen and oxygen atoms in total. The van der Waals surface area contributed by atoms with Crippen molar-refractivity contribution in [2.75, 3.05) is 18.5 Å². The first kappa shape index (κ1) is 18.1. The Morgan fingerprint density at radius 3 is 3.14 bits per heavy atom. The van der Waals surface area contributed by atoms with Gasteiger partial charge in [0.25, 0.3) is 5.91 Å². The number of benzene rings is 1. The number of nitrogens with two attached hydrogens (primary N) is 1. The van der Waals surface area contributed by atoms with E-state index < -0.39 is 5.91 Å². The van der Waals surface area contributed by atoms with Crippen molar-refractivity contribution in [2.45, 2.75) is 37.4 Å². The highest BCUT2D eigenvalue weighted by Gasteiger charge is 2.50. The molecule has 4 atom stereocenters. The average molecular weight is 391 g/mol. The molecular weight excluding hydrogens is 369 g/mol. The van der Waals surface area contributed by atoms with Crippen LogP contribution in [0.1, 0.15) is 40.7 Å². The summed E-state index contributed by atoms with van der Waals surface area (Å²) in [6.07, 6.45) is 3.39. The van der Waals surface area contributed by atoms with Crippen molar-refractivity contribution in [3.8, 4) is 11.8 Å². The smallest absolute Gasteiger partial charge is 0.358 e. The fourth-order valence-electron chi connectivity index (χ4n) is 4.51. The van der Waals surface area contributed by atoms with Gasteiger partial charge in [0, 0.05) is 18.5 Å². The van der Waals surface area contributed by atoms with Crippen LogP contribution < -0.4 is 15.7 Å². The Morgan fingerprint density at radius 1 is 1.48 bits per heavy atom. The molecule has 2 fully saturated rings. The van der Waals surface area contributed by atoms with Gasteiger partial charge in [-0.25, -0.2) is 0 Å². The third kappa shape index (κ3) is 3.13. The molecule has 1 aromatic heterocycles. The van der Waals surface area contributed by atoms with Crippen molar-refractivity contribution in [2.24, 2.45) is 11.7 Å². The molecule has 3 aliphatic rings. The molecule has 3 heterocycles. The van der Waals surface area contributed by atoms with Gasteiger partial charge < -0.3 is 20.4 Å². The molecule has 0 spiro atoms. The van der Waals surface area contributed by atoms with Crippen molar-refractivity contribution in [3.63, 3.8) is 0 Å². The Kier molecular flexibility index (Phi) is 4.25. The first-order valence-electron chi connectivity index (χ1n) is 9.99. The third-order valence-corrected chi connectivity index (χ3v) is 6.26. The number of carbonyl (C=O) groups excluding carboxylic acids is 1. The Labute approximate surface area is 169 Å². The molecule has 0 radical (unpaired) electrons. The van der Waals surface area contributed by atoms with Crippen LogP contribution in [0.5, 0.6) is 5.75 Å². The zero-order chi connectivity index (χ0) is 20.1. The lowest BCUT2D eigenvalue weighted by Gasteiger charge is -2.27. The molecule has 1 aliphatic carbocycles. The topological polar surface area (TPSA) is 115 Å². The molecule has 1 aromatic carbocycles. The predicted octanol–water partition coefficient (Wildman–Crippen LogP) is 2.70. The second-order valence-corrected chi connectivity index (χ2v) is 8.11. The van der Waals surface area contributed by atoms with E-state index in [0.717, 1.165) is 17.9 Å². The second-order valence-electron chi connectivity index (χ2n) is 8.11. The molecule has 3 N–H and O–H groups in total. The van der Waals surface area contributed by atoms with Gasteiger partial charge in [0.2, 0.25) is 0 Å². The van der Waals surface area contributed by atoms with Crippen molar-refractivity contribution in [3.05, 3.63) is 35.5 Å². The van der Waals surface area contributed by atoms with E-state index in [2.05, 4.69) is 29.4 Å². The Hall–Kier alpha value is -2.99. The molecule has 1 saturated carbocycles. The fourth-order valence-corrected chi connectivity index (χ4v) is 4.51. The van der Waals surface area contributed by atoms with Gasteiger partial charge in [-0.15, -0.1) is 0 Å². The monoisotopic (exact) mass is 391 g/mol. The van der Waals surface area contributed by atoms with Crippen LogP contribution in [0.4, 0.5) is 11.5 Å². The van der Waals surface area contributed by atoms with E-state index in [1.165, 1.54) is 5.56 Å². The summed E-state index contributed by atoms with van der Waals surface area (Å²) < 4.78 is 13.2. The van der Waals surface area contributed by atoms with Crippen LogP contribution in [0.15, 0.2) is 24.4 Å². The third-order valence-electron chi connectivity index (χ3n) is 6.26. The summed E-state index contributed by atoms with van der Waals surface area (Å²) in [6, 6.07) is 8.02. The molecule has 0 bridgehead atoms. The number of carbonyl (C=O) groups is 1. The highest BCUT2D eigenvalue weighted by atomic mass is 16.5. The van der Waals surface area contributed by atoms with Crippen LogP contribution in [-0.4, -0.2) is 35.8 Å². The Balaban J connectivity index is 1.44. The lowest BCUT2D eigenvalue weighted by molar-refractivity contribution is 0.0342. The van der Waals surface area contributed by atoms with E-state index in [1.807, 2.05) is 12.1 Å². The standard InChI is InChI=1S/C20H22BN5O3/c1-21-16-7-13(16)14-6-12(2-3-18(14)29-21)24-20-15(19(23)27)9-26(25-20)17-10-28-5-4-11(17)8-22/h2-3,6,9,11,13,16-17H,4-5,7,10H2,1H3,(H2,23,27)(H,24,25). The summed E-state index contributed by atoms with van der Waals surface area (Å²) in [5.74, 6) is 1.66. The lowest BCUT2D eigenvalue weighted by Crippen LogP contribution is -2.29. The normalized spacial score (nSPS) is 27.2. The van der Waals surface area contributed by atoms with Crippen molar-refractivity contribution in [1.29, 1.82) is 5.26 Å². The van der Waals surface area contributed by atoms with Crippen LogP contribution in [0.25, 0.3) is 0 Å². The molecule has 1 amide bonds. The SMILES string of the molecule is CB1Oc2ccc(Nc3nn(C4COCCC4C#N)cc3C(N)=O)cc2C2CC12. The number of fused-ring (bicyclic) bond motifs is 3. The number of anilines is 2. The van der Waals surface area contributed by atoms with E-state index in [1.54, 1.807) is 10.9 Å². The Bertz CT molecular complexity index is 1020. The number of ether oxygens (including phenoxy) is 1. The number of nitrogens with one attached hydrogen (secondary N) is 1. The maximum absolute atomic E-state index is 12.0. The minimum Gasteiger partial charge on any atom is -0.561 e. The molecule has 148 valence electrons. The van der Waals surface area contributed by atoms with Crippen molar-refractivity contribution in [1.82, 2.24) is 9.78 Å². The predicted molar refractivity (Wildman–Crippen MR) is 107 cm³/mol. The van der Waals surface area contributed by atoms with Gasteiger partial charge in [0.15, 0.2) is 5.82 Å². The zero-order valence-electron chi connectivity index (χ0n) is 16.2. The highest BCUT2D eigenvalue weighted by molar-refractivity contribution is 6.55. The summed E-state index contributed by atoms with van der Waals surface area (Å²) in [5, 5.41) is 17.2. The lowest BCUT2D eigenvalue weighted by atomic mass is 9.62. The summed E-state index contributed by atoms with van der Waals surface area (Å²) in [7, 11) is 0. The van der Waals surface area contributed by atoms with E-state index >= 15 is 0 Å². The molecule has 9 heteroatoms. The summed E-state index contributed by atoms with van der Waals surface area (Å²) in [4.78, 5) is 12.0. The number of primary amides is 1. The van der Waals surface area contributed by atoms with Crippen LogP contribution >= 0.6 is 0 Å². The first-order chi connectivity index (χ1) is 14.0. The Morgan fingerprint density at radius 2 is 2.34 bits per heavy atom. The molecule has 5 rings (SSSR count). The number of hydrogen-bond acceptors (Lipinski definition) is 6. The number of hydrogen-bond donors (Lipinski definition) is 2. The van der Waals surface area contributed by atoms with Gasteiger partial charge >= 0.3 is 6.92 Å².